The van der Waals surface area contributed by atoms with Crippen molar-refractivity contribution in [3.8, 4) is 0 Å². The number of para-hydroxylation sites is 2. The van der Waals surface area contributed by atoms with Gasteiger partial charge in [0, 0.05) is 28.4 Å². The fraction of sp³-hybridized carbons (Fsp3) is 0.185. The zero-order valence-electron chi connectivity index (χ0n) is 16.1. The van der Waals surface area contributed by atoms with Crippen molar-refractivity contribution in [3.63, 3.8) is 0 Å². The molecule has 0 radical (unpaired) electrons. The number of nitrogens with zero attached hydrogens (tertiary/aromatic N) is 1. The number of fused-ring (bicyclic) bond motifs is 4. The van der Waals surface area contributed by atoms with Gasteiger partial charge in [0.15, 0.2) is 0 Å². The molecule has 1 heteroatoms. The molecular formula is C27H25N. The van der Waals surface area contributed by atoms with Crippen LogP contribution in [0.5, 0.6) is 0 Å². The Labute approximate surface area is 166 Å². The monoisotopic (exact) mass is 363 g/mol. The van der Waals surface area contributed by atoms with Crippen LogP contribution in [-0.2, 0) is 13.0 Å². The molecule has 0 saturated heterocycles. The molecule has 0 spiro atoms. The van der Waals surface area contributed by atoms with Crippen LogP contribution in [0.1, 0.15) is 24.8 Å². The highest BCUT2D eigenvalue weighted by Gasteiger charge is 2.08. The first-order chi connectivity index (χ1) is 13.9. The minimum absolute atomic E-state index is 1.09. The number of unbranched alkanes of at least 4 members (excludes halogenated alkanes) is 2. The first kappa shape index (κ1) is 17.1. The van der Waals surface area contributed by atoms with Gasteiger partial charge < -0.3 is 4.57 Å². The van der Waals surface area contributed by atoms with E-state index in [1.165, 1.54) is 57.4 Å². The fourth-order valence-electron chi connectivity index (χ4n) is 4.41. The lowest BCUT2D eigenvalue weighted by atomic mass is 10.0. The Bertz CT molecular complexity index is 1190. The molecular weight excluding hydrogens is 338 g/mol. The molecule has 0 fully saturated rings. The van der Waals surface area contributed by atoms with Crippen molar-refractivity contribution in [1.82, 2.24) is 4.57 Å². The molecule has 0 amide bonds. The maximum Gasteiger partial charge on any atom is 0.0491 e. The van der Waals surface area contributed by atoms with Gasteiger partial charge in [-0.1, -0.05) is 85.3 Å². The van der Waals surface area contributed by atoms with Crippen LogP contribution < -0.4 is 0 Å². The van der Waals surface area contributed by atoms with E-state index >= 15 is 0 Å². The molecule has 0 saturated carbocycles. The van der Waals surface area contributed by atoms with Crippen LogP contribution in [-0.4, -0.2) is 4.57 Å². The highest BCUT2D eigenvalue weighted by Crippen LogP contribution is 2.29. The number of hydrogen-bond acceptors (Lipinski definition) is 0. The average Bonchev–Trinajstić information content (AvgIpc) is 3.07. The molecule has 0 N–H and O–H groups in total. The summed E-state index contributed by atoms with van der Waals surface area (Å²) >= 11 is 0. The number of aryl methyl sites for hydroxylation is 2. The van der Waals surface area contributed by atoms with Gasteiger partial charge in [-0.05, 0) is 47.7 Å². The number of benzene rings is 4. The summed E-state index contributed by atoms with van der Waals surface area (Å²) in [6, 6.07) is 33.1. The van der Waals surface area contributed by atoms with Gasteiger partial charge in [-0.15, -0.1) is 0 Å². The average molecular weight is 364 g/mol. The van der Waals surface area contributed by atoms with Crippen molar-refractivity contribution in [2.24, 2.45) is 0 Å². The highest BCUT2D eigenvalue weighted by atomic mass is 15.0. The Morgan fingerprint density at radius 2 is 1.18 bits per heavy atom. The van der Waals surface area contributed by atoms with Gasteiger partial charge in [0.05, 0.1) is 0 Å². The largest absolute Gasteiger partial charge is 0.340 e. The van der Waals surface area contributed by atoms with Crippen molar-refractivity contribution in [3.05, 3.63) is 96.6 Å². The van der Waals surface area contributed by atoms with Crippen molar-refractivity contribution >= 4 is 32.6 Å². The molecule has 0 atom stereocenters. The molecule has 4 aromatic carbocycles. The first-order valence-electron chi connectivity index (χ1n) is 10.3. The lowest BCUT2D eigenvalue weighted by molar-refractivity contribution is 0.608. The minimum atomic E-state index is 1.09. The van der Waals surface area contributed by atoms with Crippen LogP contribution in [0.25, 0.3) is 32.6 Å². The van der Waals surface area contributed by atoms with Gasteiger partial charge in [-0.3, -0.25) is 0 Å². The standard InChI is InChI=1S/C27H25N/c1(2-10-21-17-18-22-11-3-4-12-23(22)20-21)9-19-28-26-15-7-5-13-24(26)25-14-6-8-16-27(25)28/h3-8,11-18,20H,1-2,9-10,19H2. The molecule has 5 rings (SSSR count). The molecule has 1 nitrogen and oxygen atoms in total. The summed E-state index contributed by atoms with van der Waals surface area (Å²) in [6.45, 7) is 1.09. The van der Waals surface area contributed by atoms with Crippen LogP contribution in [0.4, 0.5) is 0 Å². The Hall–Kier alpha value is -3.06. The summed E-state index contributed by atoms with van der Waals surface area (Å²) in [5.41, 5.74) is 4.17. The number of aromatic nitrogens is 1. The van der Waals surface area contributed by atoms with Gasteiger partial charge in [0.2, 0.25) is 0 Å². The van der Waals surface area contributed by atoms with E-state index in [1.807, 2.05) is 0 Å². The van der Waals surface area contributed by atoms with E-state index in [1.54, 1.807) is 0 Å². The van der Waals surface area contributed by atoms with Crippen LogP contribution in [0, 0.1) is 0 Å². The predicted molar refractivity (Wildman–Crippen MR) is 121 cm³/mol. The summed E-state index contributed by atoms with van der Waals surface area (Å²) in [6.07, 6.45) is 4.89. The van der Waals surface area contributed by atoms with E-state index in [0.29, 0.717) is 0 Å². The van der Waals surface area contributed by atoms with E-state index in [0.717, 1.165) is 13.0 Å². The second kappa shape index (κ2) is 7.52. The maximum absolute atomic E-state index is 2.50. The smallest absolute Gasteiger partial charge is 0.0491 e. The topological polar surface area (TPSA) is 4.93 Å². The molecule has 0 bridgehead atoms. The highest BCUT2D eigenvalue weighted by molar-refractivity contribution is 6.07. The van der Waals surface area contributed by atoms with Gasteiger partial charge in [0.25, 0.3) is 0 Å². The summed E-state index contributed by atoms with van der Waals surface area (Å²) in [5.74, 6) is 0. The SMILES string of the molecule is c1ccc2cc(CCCCCn3c4ccccc4c4ccccc43)ccc2c1. The first-order valence-corrected chi connectivity index (χ1v) is 10.3. The molecule has 0 unspecified atom stereocenters. The Balaban J connectivity index is 1.25. The Morgan fingerprint density at radius 1 is 0.536 bits per heavy atom. The second-order valence-corrected chi connectivity index (χ2v) is 7.68. The van der Waals surface area contributed by atoms with Gasteiger partial charge in [-0.2, -0.15) is 0 Å². The van der Waals surface area contributed by atoms with Crippen molar-refractivity contribution in [1.29, 1.82) is 0 Å². The number of hydrogen-bond donors (Lipinski definition) is 0. The summed E-state index contributed by atoms with van der Waals surface area (Å²) in [7, 11) is 0. The van der Waals surface area contributed by atoms with E-state index < -0.39 is 0 Å². The quantitative estimate of drug-likeness (QED) is 0.278. The zero-order chi connectivity index (χ0) is 18.8. The molecule has 0 aliphatic carbocycles. The minimum Gasteiger partial charge on any atom is -0.340 e. The number of rotatable bonds is 6. The third kappa shape index (κ3) is 3.18. The molecule has 28 heavy (non-hydrogen) atoms. The Morgan fingerprint density at radius 3 is 1.93 bits per heavy atom. The van der Waals surface area contributed by atoms with Crippen LogP contribution >= 0.6 is 0 Å². The predicted octanol–water partition coefficient (Wildman–Crippen LogP) is 7.36. The van der Waals surface area contributed by atoms with E-state index in [2.05, 4.69) is 95.6 Å². The Kier molecular flexibility index (Phi) is 4.58. The van der Waals surface area contributed by atoms with Gasteiger partial charge in [-0.25, -0.2) is 0 Å². The van der Waals surface area contributed by atoms with Gasteiger partial charge >= 0.3 is 0 Å². The van der Waals surface area contributed by atoms with E-state index in [9.17, 15) is 0 Å². The van der Waals surface area contributed by atoms with Crippen LogP contribution in [0.15, 0.2) is 91.0 Å². The third-order valence-corrected chi connectivity index (χ3v) is 5.84. The van der Waals surface area contributed by atoms with E-state index in [-0.39, 0.29) is 0 Å². The third-order valence-electron chi connectivity index (χ3n) is 5.84. The lowest BCUT2D eigenvalue weighted by Crippen LogP contribution is -1.98. The molecule has 0 aliphatic heterocycles. The lowest BCUT2D eigenvalue weighted by Gasteiger charge is -2.08. The van der Waals surface area contributed by atoms with E-state index in [4.69, 9.17) is 0 Å². The van der Waals surface area contributed by atoms with Crippen molar-refractivity contribution in [2.75, 3.05) is 0 Å². The fourth-order valence-corrected chi connectivity index (χ4v) is 4.41. The van der Waals surface area contributed by atoms with Crippen molar-refractivity contribution < 1.29 is 0 Å². The molecule has 138 valence electrons. The van der Waals surface area contributed by atoms with Crippen LogP contribution in [0.3, 0.4) is 0 Å². The maximum atomic E-state index is 2.50. The zero-order valence-corrected chi connectivity index (χ0v) is 16.1. The molecule has 5 aromatic rings. The second-order valence-electron chi connectivity index (χ2n) is 7.68. The molecule has 0 aliphatic rings. The van der Waals surface area contributed by atoms with Gasteiger partial charge in [0.1, 0.15) is 0 Å². The molecule has 1 heterocycles. The summed E-state index contributed by atoms with van der Waals surface area (Å²) in [5, 5.41) is 5.42. The van der Waals surface area contributed by atoms with Crippen LogP contribution in [0.2, 0.25) is 0 Å². The van der Waals surface area contributed by atoms with Crippen molar-refractivity contribution in [2.45, 2.75) is 32.2 Å². The normalized spacial score (nSPS) is 11.6. The molecule has 1 aromatic heterocycles. The summed E-state index contributed by atoms with van der Waals surface area (Å²) in [4.78, 5) is 0. The summed E-state index contributed by atoms with van der Waals surface area (Å²) < 4.78 is 2.50.